The number of ether oxygens (including phenoxy) is 1. The van der Waals surface area contributed by atoms with Crippen molar-refractivity contribution in [1.82, 2.24) is 19.4 Å². The van der Waals surface area contributed by atoms with E-state index in [4.69, 9.17) is 21.3 Å². The van der Waals surface area contributed by atoms with Crippen LogP contribution in [-0.2, 0) is 11.8 Å². The van der Waals surface area contributed by atoms with Crippen LogP contribution in [0.3, 0.4) is 0 Å². The summed E-state index contributed by atoms with van der Waals surface area (Å²) in [5.74, 6) is 1.43. The third kappa shape index (κ3) is 2.91. The first-order chi connectivity index (χ1) is 13.2. The van der Waals surface area contributed by atoms with Crippen molar-refractivity contribution in [3.05, 3.63) is 16.9 Å². The molecular formula is C20H26ClN5O2. The highest BCUT2D eigenvalue weighted by Crippen LogP contribution is 2.44. The van der Waals surface area contributed by atoms with Crippen LogP contribution < -0.4 is 4.90 Å². The van der Waals surface area contributed by atoms with Crippen LogP contribution in [0.5, 0.6) is 0 Å². The number of halogens is 1. The molecule has 2 aromatic heterocycles. The van der Waals surface area contributed by atoms with Crippen LogP contribution in [0, 0.1) is 0 Å². The fourth-order valence-electron chi connectivity index (χ4n) is 4.52. The fraction of sp³-hybridized carbons (Fsp3) is 0.650. The Bertz CT molecular complexity index is 962. The molecule has 1 amide bonds. The zero-order valence-corrected chi connectivity index (χ0v) is 17.5. The summed E-state index contributed by atoms with van der Waals surface area (Å²) in [6.45, 7) is 7.17. The number of rotatable bonds is 2. The Balaban J connectivity index is 1.42. The highest BCUT2D eigenvalue weighted by atomic mass is 35.5. The van der Waals surface area contributed by atoms with Gasteiger partial charge in [0, 0.05) is 32.1 Å². The number of anilines is 1. The Morgan fingerprint density at radius 3 is 2.57 bits per heavy atom. The number of pyridine rings is 1. The molecule has 5 rings (SSSR count). The van der Waals surface area contributed by atoms with E-state index in [1.54, 1.807) is 0 Å². The van der Waals surface area contributed by atoms with Gasteiger partial charge in [-0.05, 0) is 40.0 Å². The van der Waals surface area contributed by atoms with E-state index >= 15 is 0 Å². The Hall–Kier alpha value is -2.02. The molecule has 2 aliphatic heterocycles. The first-order valence-electron chi connectivity index (χ1n) is 10.0. The first kappa shape index (κ1) is 18.0. The molecule has 8 heteroatoms. The molecule has 2 bridgehead atoms. The number of piperazine rings is 1. The molecule has 0 radical (unpaired) electrons. The zero-order chi connectivity index (χ0) is 19.8. The van der Waals surface area contributed by atoms with Gasteiger partial charge in [-0.15, -0.1) is 0 Å². The van der Waals surface area contributed by atoms with Crippen molar-refractivity contribution >= 4 is 34.7 Å². The molecule has 3 aliphatic rings. The van der Waals surface area contributed by atoms with Gasteiger partial charge in [0.1, 0.15) is 16.3 Å². The van der Waals surface area contributed by atoms with Crippen molar-refractivity contribution in [3.63, 3.8) is 0 Å². The van der Waals surface area contributed by atoms with Gasteiger partial charge in [0.2, 0.25) is 5.95 Å². The summed E-state index contributed by atoms with van der Waals surface area (Å²) in [6, 6.07) is 2.34. The van der Waals surface area contributed by atoms with Crippen molar-refractivity contribution in [3.8, 4) is 0 Å². The highest BCUT2D eigenvalue weighted by molar-refractivity contribution is 6.30. The van der Waals surface area contributed by atoms with Crippen LogP contribution in [0.15, 0.2) is 6.07 Å². The maximum absolute atomic E-state index is 12.5. The second kappa shape index (κ2) is 5.99. The van der Waals surface area contributed by atoms with Crippen molar-refractivity contribution in [2.24, 2.45) is 7.05 Å². The number of aromatic nitrogens is 3. The van der Waals surface area contributed by atoms with E-state index in [9.17, 15) is 4.79 Å². The number of imidazole rings is 1. The number of likely N-dealkylation sites (tertiary alicyclic amines) is 1. The topological polar surface area (TPSA) is 63.5 Å². The van der Waals surface area contributed by atoms with Crippen molar-refractivity contribution in [1.29, 1.82) is 0 Å². The van der Waals surface area contributed by atoms with Crippen molar-refractivity contribution in [2.45, 2.75) is 63.6 Å². The number of carbonyl (C=O) groups is 1. The lowest BCUT2D eigenvalue weighted by Crippen LogP contribution is -2.50. The standard InChI is InChI=1S/C20H26ClN5O2/c1-20(2,3)28-19(27)26-10-12-7-13(26)9-25(12)18-23-17-14(24(18)4)8-15(21)22-16(17)11-5-6-11/h8,11-13H,5-7,9-10H2,1-4H3/t12-,13-/m1/s1. The number of hydrogen-bond donors (Lipinski definition) is 0. The number of carbonyl (C=O) groups excluding carboxylic acids is 1. The van der Waals surface area contributed by atoms with Gasteiger partial charge in [-0.3, -0.25) is 0 Å². The molecule has 28 heavy (non-hydrogen) atoms. The Morgan fingerprint density at radius 2 is 1.96 bits per heavy atom. The molecular weight excluding hydrogens is 378 g/mol. The van der Waals surface area contributed by atoms with Crippen LogP contribution in [0.2, 0.25) is 5.15 Å². The lowest BCUT2D eigenvalue weighted by atomic mass is 10.2. The lowest BCUT2D eigenvalue weighted by molar-refractivity contribution is 0.0214. The molecule has 2 atom stereocenters. The Morgan fingerprint density at radius 1 is 1.21 bits per heavy atom. The summed E-state index contributed by atoms with van der Waals surface area (Å²) >= 11 is 6.28. The Kier molecular flexibility index (Phi) is 3.86. The molecule has 0 spiro atoms. The predicted octanol–water partition coefficient (Wildman–Crippen LogP) is 3.70. The SMILES string of the molecule is Cn1c(N2C[C@H]3C[C@@H]2CN3C(=O)OC(C)(C)C)nc2c(C3CC3)nc(Cl)cc21. The molecule has 1 saturated carbocycles. The summed E-state index contributed by atoms with van der Waals surface area (Å²) in [5.41, 5.74) is 2.56. The summed E-state index contributed by atoms with van der Waals surface area (Å²) in [7, 11) is 2.04. The number of nitrogens with zero attached hydrogens (tertiary/aromatic N) is 5. The third-order valence-electron chi connectivity index (χ3n) is 5.93. The Labute approximate surface area is 169 Å². The predicted molar refractivity (Wildman–Crippen MR) is 108 cm³/mol. The van der Waals surface area contributed by atoms with E-state index in [-0.39, 0.29) is 18.2 Å². The number of amides is 1. The van der Waals surface area contributed by atoms with Crippen LogP contribution in [-0.4, -0.2) is 56.3 Å². The summed E-state index contributed by atoms with van der Waals surface area (Å²) in [4.78, 5) is 26.3. The second-order valence-electron chi connectivity index (χ2n) is 9.27. The largest absolute Gasteiger partial charge is 0.444 e. The molecule has 2 saturated heterocycles. The molecule has 1 aliphatic carbocycles. The van der Waals surface area contributed by atoms with Crippen LogP contribution >= 0.6 is 11.6 Å². The smallest absolute Gasteiger partial charge is 0.410 e. The van der Waals surface area contributed by atoms with Gasteiger partial charge in [0.25, 0.3) is 0 Å². The minimum Gasteiger partial charge on any atom is -0.444 e. The van der Waals surface area contributed by atoms with Gasteiger partial charge in [0.05, 0.1) is 23.3 Å². The molecule has 7 nitrogen and oxygen atoms in total. The van der Waals surface area contributed by atoms with Gasteiger partial charge in [-0.25, -0.2) is 14.8 Å². The molecule has 0 N–H and O–H groups in total. The minimum atomic E-state index is -0.471. The minimum absolute atomic E-state index is 0.171. The van der Waals surface area contributed by atoms with E-state index < -0.39 is 5.60 Å². The molecule has 0 unspecified atom stereocenters. The van der Waals surface area contributed by atoms with Crippen molar-refractivity contribution in [2.75, 3.05) is 18.0 Å². The number of fused-ring (bicyclic) bond motifs is 3. The summed E-state index contributed by atoms with van der Waals surface area (Å²) in [5, 5.41) is 0.531. The van der Waals surface area contributed by atoms with Crippen LogP contribution in [0.25, 0.3) is 11.0 Å². The summed E-state index contributed by atoms with van der Waals surface area (Å²) in [6.07, 6.45) is 3.06. The molecule has 4 heterocycles. The lowest BCUT2D eigenvalue weighted by Gasteiger charge is -2.35. The first-order valence-corrected chi connectivity index (χ1v) is 10.4. The van der Waals surface area contributed by atoms with Crippen LogP contribution in [0.1, 0.15) is 51.6 Å². The van der Waals surface area contributed by atoms with Crippen molar-refractivity contribution < 1.29 is 9.53 Å². The number of hydrogen-bond acceptors (Lipinski definition) is 5. The normalized spacial score (nSPS) is 24.5. The maximum Gasteiger partial charge on any atom is 0.410 e. The molecule has 0 aromatic carbocycles. The molecule has 3 fully saturated rings. The van der Waals surface area contributed by atoms with E-state index in [1.807, 2.05) is 38.8 Å². The van der Waals surface area contributed by atoms with E-state index in [0.717, 1.165) is 48.5 Å². The fourth-order valence-corrected chi connectivity index (χ4v) is 4.71. The monoisotopic (exact) mass is 403 g/mol. The van der Waals surface area contributed by atoms with Gasteiger partial charge >= 0.3 is 6.09 Å². The third-order valence-corrected chi connectivity index (χ3v) is 6.12. The summed E-state index contributed by atoms with van der Waals surface area (Å²) < 4.78 is 7.69. The van der Waals surface area contributed by atoms with E-state index in [2.05, 4.69) is 14.5 Å². The second-order valence-corrected chi connectivity index (χ2v) is 9.66. The van der Waals surface area contributed by atoms with Crippen LogP contribution in [0.4, 0.5) is 10.7 Å². The quantitative estimate of drug-likeness (QED) is 0.715. The molecule has 2 aromatic rings. The highest BCUT2D eigenvalue weighted by Gasteiger charge is 2.48. The number of aryl methyl sites for hydroxylation is 1. The average Bonchev–Trinajstić information content (AvgIpc) is 3.13. The van der Waals surface area contributed by atoms with Gasteiger partial charge in [0.15, 0.2) is 0 Å². The average molecular weight is 404 g/mol. The van der Waals surface area contributed by atoms with Gasteiger partial charge < -0.3 is 19.1 Å². The van der Waals surface area contributed by atoms with E-state index in [1.165, 1.54) is 0 Å². The van der Waals surface area contributed by atoms with E-state index in [0.29, 0.717) is 17.6 Å². The van der Waals surface area contributed by atoms with Gasteiger partial charge in [-0.1, -0.05) is 11.6 Å². The zero-order valence-electron chi connectivity index (χ0n) is 16.8. The van der Waals surface area contributed by atoms with Gasteiger partial charge in [-0.2, -0.15) is 0 Å². The maximum atomic E-state index is 12.5. The molecule has 150 valence electrons.